The Morgan fingerprint density at radius 3 is 2.59 bits per heavy atom. The Balaban J connectivity index is 1.59. The normalized spacial score (nSPS) is 36.3. The second kappa shape index (κ2) is 5.91. The van der Waals surface area contributed by atoms with Gasteiger partial charge in [-0.2, -0.15) is 0 Å². The summed E-state index contributed by atoms with van der Waals surface area (Å²) < 4.78 is 6.02. The van der Waals surface area contributed by atoms with Crippen molar-refractivity contribution in [2.45, 2.75) is 52.6 Å². The van der Waals surface area contributed by atoms with Gasteiger partial charge in [0.05, 0.1) is 10.5 Å². The minimum absolute atomic E-state index is 0.0239. The molecule has 3 saturated carbocycles. The van der Waals surface area contributed by atoms with Gasteiger partial charge in [0, 0.05) is 18.1 Å². The van der Waals surface area contributed by atoms with E-state index in [4.69, 9.17) is 4.74 Å². The number of allylic oxidation sites excluding steroid dienone is 1. The van der Waals surface area contributed by atoms with E-state index in [2.05, 4.69) is 27.4 Å². The summed E-state index contributed by atoms with van der Waals surface area (Å²) in [6.07, 6.45) is 4.18. The molecule has 0 N–H and O–H groups in total. The first-order valence-electron chi connectivity index (χ1n) is 9.80. The number of fused-ring (bicyclic) bond motifs is 1. The Morgan fingerprint density at radius 1 is 1.30 bits per heavy atom. The third-order valence-corrected chi connectivity index (χ3v) is 7.82. The van der Waals surface area contributed by atoms with E-state index >= 15 is 0 Å². The molecule has 27 heavy (non-hydrogen) atoms. The van der Waals surface area contributed by atoms with Crippen LogP contribution < -0.4 is 0 Å². The second-order valence-corrected chi connectivity index (χ2v) is 9.33. The van der Waals surface area contributed by atoms with Crippen LogP contribution in [-0.4, -0.2) is 17.0 Å². The lowest BCUT2D eigenvalue weighted by Crippen LogP contribution is -2.37. The predicted molar refractivity (Wildman–Crippen MR) is 102 cm³/mol. The van der Waals surface area contributed by atoms with E-state index in [-0.39, 0.29) is 28.6 Å². The maximum absolute atomic E-state index is 12.7. The molecule has 1 aromatic carbocycles. The number of hydrogen-bond acceptors (Lipinski definition) is 4. The van der Waals surface area contributed by atoms with E-state index in [9.17, 15) is 14.9 Å². The molecule has 3 fully saturated rings. The van der Waals surface area contributed by atoms with Crippen LogP contribution in [0.25, 0.3) is 0 Å². The zero-order valence-electron chi connectivity index (χ0n) is 16.2. The Labute approximate surface area is 159 Å². The van der Waals surface area contributed by atoms with Gasteiger partial charge in [0.25, 0.3) is 5.69 Å². The molecule has 0 saturated heterocycles. The zero-order chi connectivity index (χ0) is 19.6. The molecule has 5 atom stereocenters. The maximum atomic E-state index is 12.7. The van der Waals surface area contributed by atoms with E-state index in [1.165, 1.54) is 29.8 Å². The SMILES string of the molecule is C=C1CC[C@@]23C[C@H]1C(C)(C)[C@@H]2[C@@H](OC(=O)c1ccc([N+](=O)[O-])cc1)C[C@@H]3C. The molecular weight excluding hydrogens is 342 g/mol. The quantitative estimate of drug-likeness (QED) is 0.319. The van der Waals surface area contributed by atoms with Crippen molar-refractivity contribution in [2.24, 2.45) is 28.6 Å². The molecule has 144 valence electrons. The third kappa shape index (κ3) is 2.54. The number of non-ortho nitro benzene ring substituents is 1. The standard InChI is InChI=1S/C22H27NO4/c1-13-9-10-22-12-17(13)21(3,4)19(22)18(11-14(22)2)27-20(24)15-5-7-16(8-6-15)23(25)26/h5-8,14,17-19H,1,9-12H2,2-4H3/t14-,17+,18-,19-,22-/m0/s1. The molecule has 4 rings (SSSR count). The lowest BCUT2D eigenvalue weighted by molar-refractivity contribution is -0.384. The number of nitrogens with zero attached hydrogens (tertiary/aromatic N) is 1. The van der Waals surface area contributed by atoms with Crippen molar-refractivity contribution in [1.29, 1.82) is 0 Å². The highest BCUT2D eigenvalue weighted by Gasteiger charge is 2.68. The summed E-state index contributed by atoms with van der Waals surface area (Å²) in [5, 5.41) is 10.8. The molecule has 1 spiro atoms. The van der Waals surface area contributed by atoms with Crippen molar-refractivity contribution in [3.05, 3.63) is 52.1 Å². The summed E-state index contributed by atoms with van der Waals surface area (Å²) in [6, 6.07) is 5.67. The molecule has 0 aliphatic heterocycles. The van der Waals surface area contributed by atoms with Crippen molar-refractivity contribution in [3.8, 4) is 0 Å². The lowest BCUT2D eigenvalue weighted by Gasteiger charge is -2.38. The lowest BCUT2D eigenvalue weighted by atomic mass is 9.67. The Hall–Kier alpha value is -2.17. The molecule has 3 aliphatic carbocycles. The fourth-order valence-electron chi connectivity index (χ4n) is 6.59. The monoisotopic (exact) mass is 369 g/mol. The van der Waals surface area contributed by atoms with Crippen LogP contribution in [0.3, 0.4) is 0 Å². The minimum atomic E-state index is -0.467. The molecule has 0 unspecified atom stereocenters. The number of benzene rings is 1. The summed E-state index contributed by atoms with van der Waals surface area (Å²) in [7, 11) is 0. The summed E-state index contributed by atoms with van der Waals surface area (Å²) in [5.74, 6) is 0.982. The van der Waals surface area contributed by atoms with Crippen LogP contribution in [0, 0.1) is 38.7 Å². The highest BCUT2D eigenvalue weighted by molar-refractivity contribution is 5.89. The van der Waals surface area contributed by atoms with Crippen LogP contribution in [0.2, 0.25) is 0 Å². The molecule has 3 aliphatic rings. The fourth-order valence-corrected chi connectivity index (χ4v) is 6.59. The van der Waals surface area contributed by atoms with Gasteiger partial charge in [-0.1, -0.05) is 32.9 Å². The largest absolute Gasteiger partial charge is 0.458 e. The molecule has 0 heterocycles. The second-order valence-electron chi connectivity index (χ2n) is 9.33. The summed E-state index contributed by atoms with van der Waals surface area (Å²) >= 11 is 0. The first-order chi connectivity index (χ1) is 12.7. The molecule has 0 amide bonds. The smallest absolute Gasteiger partial charge is 0.338 e. The number of nitro groups is 1. The number of esters is 1. The van der Waals surface area contributed by atoms with Gasteiger partial charge < -0.3 is 4.74 Å². The molecule has 5 heteroatoms. The van der Waals surface area contributed by atoms with E-state index in [0.29, 0.717) is 23.3 Å². The number of hydrogen-bond donors (Lipinski definition) is 0. The topological polar surface area (TPSA) is 69.4 Å². The third-order valence-electron chi connectivity index (χ3n) is 7.82. The van der Waals surface area contributed by atoms with Crippen molar-refractivity contribution in [2.75, 3.05) is 0 Å². The van der Waals surface area contributed by atoms with E-state index in [1.807, 2.05) is 0 Å². The number of nitro benzene ring substituents is 1. The van der Waals surface area contributed by atoms with Crippen LogP contribution in [0.5, 0.6) is 0 Å². The van der Waals surface area contributed by atoms with Gasteiger partial charge in [0.15, 0.2) is 0 Å². The van der Waals surface area contributed by atoms with Crippen molar-refractivity contribution < 1.29 is 14.5 Å². The van der Waals surface area contributed by atoms with E-state index in [0.717, 1.165) is 25.7 Å². The maximum Gasteiger partial charge on any atom is 0.338 e. The van der Waals surface area contributed by atoms with Gasteiger partial charge in [0.2, 0.25) is 0 Å². The average molecular weight is 369 g/mol. The van der Waals surface area contributed by atoms with Gasteiger partial charge in [-0.05, 0) is 60.5 Å². The van der Waals surface area contributed by atoms with Gasteiger partial charge >= 0.3 is 5.97 Å². The number of rotatable bonds is 3. The zero-order valence-corrected chi connectivity index (χ0v) is 16.2. The number of carbonyl (C=O) groups is 1. The molecule has 5 nitrogen and oxygen atoms in total. The molecule has 2 bridgehead atoms. The summed E-state index contributed by atoms with van der Waals surface area (Å²) in [6.45, 7) is 11.3. The predicted octanol–water partition coefficient (Wildman–Crippen LogP) is 5.16. The molecule has 0 radical (unpaired) electrons. The van der Waals surface area contributed by atoms with Gasteiger partial charge in [-0.25, -0.2) is 4.79 Å². The van der Waals surface area contributed by atoms with Crippen molar-refractivity contribution >= 4 is 11.7 Å². The van der Waals surface area contributed by atoms with Gasteiger partial charge in [-0.3, -0.25) is 10.1 Å². The molecular formula is C22H27NO4. The van der Waals surface area contributed by atoms with Crippen molar-refractivity contribution in [1.82, 2.24) is 0 Å². The minimum Gasteiger partial charge on any atom is -0.458 e. The van der Waals surface area contributed by atoms with Crippen LogP contribution in [0.4, 0.5) is 5.69 Å². The Kier molecular flexibility index (Phi) is 3.99. The van der Waals surface area contributed by atoms with Crippen LogP contribution in [0.15, 0.2) is 36.4 Å². The highest BCUT2D eigenvalue weighted by Crippen LogP contribution is 2.72. The molecule has 0 aromatic heterocycles. The average Bonchev–Trinajstić information content (AvgIpc) is 2.99. The van der Waals surface area contributed by atoms with Gasteiger partial charge in [0.1, 0.15) is 6.10 Å². The van der Waals surface area contributed by atoms with Gasteiger partial charge in [-0.15, -0.1) is 0 Å². The van der Waals surface area contributed by atoms with Crippen LogP contribution >= 0.6 is 0 Å². The Bertz CT molecular complexity index is 812. The van der Waals surface area contributed by atoms with E-state index in [1.54, 1.807) is 0 Å². The first kappa shape index (κ1) is 18.2. The van der Waals surface area contributed by atoms with E-state index < -0.39 is 4.92 Å². The summed E-state index contributed by atoms with van der Waals surface area (Å²) in [5.41, 5.74) is 2.02. The first-order valence-corrected chi connectivity index (χ1v) is 9.80. The summed E-state index contributed by atoms with van der Waals surface area (Å²) in [4.78, 5) is 23.1. The fraction of sp³-hybridized carbons (Fsp3) is 0.591. The van der Waals surface area contributed by atoms with Crippen molar-refractivity contribution in [3.63, 3.8) is 0 Å². The molecule has 1 aromatic rings. The Morgan fingerprint density at radius 2 is 1.96 bits per heavy atom. The van der Waals surface area contributed by atoms with Crippen LogP contribution in [0.1, 0.15) is 56.8 Å². The highest BCUT2D eigenvalue weighted by atomic mass is 16.6. The number of carbonyl (C=O) groups excluding carboxylic acids is 1. The van der Waals surface area contributed by atoms with Crippen LogP contribution in [-0.2, 0) is 4.74 Å². The number of ether oxygens (including phenoxy) is 1.